The number of aromatic nitrogens is 2. The van der Waals surface area contributed by atoms with Gasteiger partial charge in [-0.05, 0) is 48.4 Å². The standard InChI is InChI=1S/C18H19N3/c1-2-20-17(12-14-7-10-19-11-8-14)16-6-5-15-4-3-9-21-18(15)13-16/h3-11,13,17,20H,2,12H2,1H3. The number of likely N-dealkylation sites (N-methyl/N-ethyl adjacent to an activating group) is 1. The van der Waals surface area contributed by atoms with Gasteiger partial charge in [-0.25, -0.2) is 0 Å². The van der Waals surface area contributed by atoms with Crippen LogP contribution in [-0.4, -0.2) is 16.5 Å². The lowest BCUT2D eigenvalue weighted by atomic mass is 9.98. The third-order valence-corrected chi connectivity index (χ3v) is 3.67. The van der Waals surface area contributed by atoms with Crippen molar-refractivity contribution in [3.8, 4) is 0 Å². The lowest BCUT2D eigenvalue weighted by molar-refractivity contribution is 0.550. The second-order valence-corrected chi connectivity index (χ2v) is 5.13. The van der Waals surface area contributed by atoms with Gasteiger partial charge >= 0.3 is 0 Å². The minimum Gasteiger partial charge on any atom is -0.310 e. The van der Waals surface area contributed by atoms with Crippen LogP contribution in [0, 0.1) is 0 Å². The summed E-state index contributed by atoms with van der Waals surface area (Å²) >= 11 is 0. The molecule has 0 spiro atoms. The topological polar surface area (TPSA) is 37.8 Å². The molecule has 0 fully saturated rings. The van der Waals surface area contributed by atoms with Gasteiger partial charge in [-0.1, -0.05) is 25.1 Å². The summed E-state index contributed by atoms with van der Waals surface area (Å²) in [6, 6.07) is 15.0. The van der Waals surface area contributed by atoms with E-state index in [9.17, 15) is 0 Å². The van der Waals surface area contributed by atoms with E-state index in [1.807, 2.05) is 24.7 Å². The Hall–Kier alpha value is -2.26. The van der Waals surface area contributed by atoms with Crippen LogP contribution in [0.25, 0.3) is 10.9 Å². The van der Waals surface area contributed by atoms with Crippen LogP contribution < -0.4 is 5.32 Å². The highest BCUT2D eigenvalue weighted by Crippen LogP contribution is 2.22. The van der Waals surface area contributed by atoms with Crippen LogP contribution in [-0.2, 0) is 6.42 Å². The van der Waals surface area contributed by atoms with Gasteiger partial charge in [0.1, 0.15) is 0 Å². The van der Waals surface area contributed by atoms with E-state index < -0.39 is 0 Å². The average molecular weight is 277 g/mol. The van der Waals surface area contributed by atoms with Crippen LogP contribution in [0.2, 0.25) is 0 Å². The van der Waals surface area contributed by atoms with Crippen molar-refractivity contribution in [1.82, 2.24) is 15.3 Å². The molecule has 3 nitrogen and oxygen atoms in total. The maximum atomic E-state index is 4.45. The lowest BCUT2D eigenvalue weighted by Crippen LogP contribution is -2.23. The number of rotatable bonds is 5. The molecule has 0 amide bonds. The number of pyridine rings is 2. The zero-order valence-corrected chi connectivity index (χ0v) is 12.2. The summed E-state index contributed by atoms with van der Waals surface area (Å²) in [7, 11) is 0. The van der Waals surface area contributed by atoms with Gasteiger partial charge in [-0.15, -0.1) is 0 Å². The molecule has 2 heterocycles. The summed E-state index contributed by atoms with van der Waals surface area (Å²) in [5, 5.41) is 4.74. The molecular formula is C18H19N3. The zero-order chi connectivity index (χ0) is 14.5. The van der Waals surface area contributed by atoms with Crippen molar-refractivity contribution in [3.63, 3.8) is 0 Å². The van der Waals surface area contributed by atoms with E-state index in [1.54, 1.807) is 0 Å². The molecule has 0 bridgehead atoms. The molecule has 3 rings (SSSR count). The van der Waals surface area contributed by atoms with Gasteiger partial charge in [0.2, 0.25) is 0 Å². The molecule has 0 saturated heterocycles. The van der Waals surface area contributed by atoms with E-state index in [0.717, 1.165) is 18.5 Å². The Balaban J connectivity index is 1.91. The van der Waals surface area contributed by atoms with Crippen LogP contribution in [0.5, 0.6) is 0 Å². The smallest absolute Gasteiger partial charge is 0.0705 e. The minimum absolute atomic E-state index is 0.295. The summed E-state index contributed by atoms with van der Waals surface area (Å²) < 4.78 is 0. The highest BCUT2D eigenvalue weighted by Gasteiger charge is 2.12. The summed E-state index contributed by atoms with van der Waals surface area (Å²) in [4.78, 5) is 8.54. The summed E-state index contributed by atoms with van der Waals surface area (Å²) in [6.07, 6.45) is 6.49. The molecule has 0 aliphatic rings. The van der Waals surface area contributed by atoms with E-state index in [0.29, 0.717) is 6.04 Å². The minimum atomic E-state index is 0.295. The number of nitrogens with zero attached hydrogens (tertiary/aromatic N) is 2. The van der Waals surface area contributed by atoms with Gasteiger partial charge in [-0.3, -0.25) is 9.97 Å². The molecule has 21 heavy (non-hydrogen) atoms. The van der Waals surface area contributed by atoms with Crippen molar-refractivity contribution >= 4 is 10.9 Å². The maximum Gasteiger partial charge on any atom is 0.0705 e. The molecule has 2 aromatic heterocycles. The zero-order valence-electron chi connectivity index (χ0n) is 12.2. The average Bonchev–Trinajstić information content (AvgIpc) is 2.55. The van der Waals surface area contributed by atoms with Crippen LogP contribution >= 0.6 is 0 Å². The largest absolute Gasteiger partial charge is 0.310 e. The molecule has 0 radical (unpaired) electrons. The Bertz CT molecular complexity index is 710. The van der Waals surface area contributed by atoms with Crippen molar-refractivity contribution in [2.24, 2.45) is 0 Å². The maximum absolute atomic E-state index is 4.45. The van der Waals surface area contributed by atoms with Gasteiger partial charge < -0.3 is 5.32 Å². The molecular weight excluding hydrogens is 258 g/mol. The van der Waals surface area contributed by atoms with Crippen molar-refractivity contribution in [1.29, 1.82) is 0 Å². The number of nitrogens with one attached hydrogen (secondary N) is 1. The molecule has 0 saturated carbocycles. The molecule has 0 aliphatic heterocycles. The van der Waals surface area contributed by atoms with Crippen molar-refractivity contribution < 1.29 is 0 Å². The van der Waals surface area contributed by atoms with Crippen molar-refractivity contribution in [2.45, 2.75) is 19.4 Å². The van der Waals surface area contributed by atoms with E-state index in [2.05, 4.69) is 58.6 Å². The van der Waals surface area contributed by atoms with E-state index in [-0.39, 0.29) is 0 Å². The molecule has 0 aliphatic carbocycles. The Labute approximate surface area is 125 Å². The summed E-state index contributed by atoms with van der Waals surface area (Å²) in [6.45, 7) is 3.08. The van der Waals surface area contributed by atoms with E-state index >= 15 is 0 Å². The van der Waals surface area contributed by atoms with Crippen LogP contribution in [0.1, 0.15) is 24.1 Å². The highest BCUT2D eigenvalue weighted by molar-refractivity contribution is 5.79. The Morgan fingerprint density at radius 1 is 1.05 bits per heavy atom. The van der Waals surface area contributed by atoms with Gasteiger partial charge in [0, 0.05) is 30.0 Å². The molecule has 1 aromatic carbocycles. The first-order valence-corrected chi connectivity index (χ1v) is 7.34. The summed E-state index contributed by atoms with van der Waals surface area (Å²) in [5.41, 5.74) is 3.62. The quantitative estimate of drug-likeness (QED) is 0.775. The predicted molar refractivity (Wildman–Crippen MR) is 86.1 cm³/mol. The fourth-order valence-electron chi connectivity index (χ4n) is 2.61. The van der Waals surface area contributed by atoms with Crippen LogP contribution in [0.15, 0.2) is 61.1 Å². The normalized spacial score (nSPS) is 12.4. The predicted octanol–water partition coefficient (Wildman–Crippen LogP) is 3.52. The molecule has 1 N–H and O–H groups in total. The third kappa shape index (κ3) is 3.26. The van der Waals surface area contributed by atoms with Crippen molar-refractivity contribution in [3.05, 3.63) is 72.2 Å². The number of hydrogen-bond acceptors (Lipinski definition) is 3. The van der Waals surface area contributed by atoms with Gasteiger partial charge in [0.05, 0.1) is 5.52 Å². The third-order valence-electron chi connectivity index (χ3n) is 3.67. The first kappa shape index (κ1) is 13.7. The second-order valence-electron chi connectivity index (χ2n) is 5.13. The van der Waals surface area contributed by atoms with Crippen LogP contribution in [0.3, 0.4) is 0 Å². The SMILES string of the molecule is CCNC(Cc1ccncc1)c1ccc2cccnc2c1. The Morgan fingerprint density at radius 2 is 1.90 bits per heavy atom. The highest BCUT2D eigenvalue weighted by atomic mass is 14.9. The van der Waals surface area contributed by atoms with Crippen molar-refractivity contribution in [2.75, 3.05) is 6.54 Å². The van der Waals surface area contributed by atoms with E-state index in [4.69, 9.17) is 0 Å². The fraction of sp³-hybridized carbons (Fsp3) is 0.222. The number of hydrogen-bond donors (Lipinski definition) is 1. The molecule has 1 unspecified atom stereocenters. The Kier molecular flexibility index (Phi) is 4.22. The molecule has 3 heteroatoms. The monoisotopic (exact) mass is 277 g/mol. The molecule has 106 valence electrons. The fourth-order valence-corrected chi connectivity index (χ4v) is 2.61. The molecule has 1 atom stereocenters. The van der Waals surface area contributed by atoms with Crippen LogP contribution in [0.4, 0.5) is 0 Å². The van der Waals surface area contributed by atoms with Gasteiger partial charge in [0.25, 0.3) is 0 Å². The van der Waals surface area contributed by atoms with Gasteiger partial charge in [0.15, 0.2) is 0 Å². The lowest BCUT2D eigenvalue weighted by Gasteiger charge is -2.19. The number of benzene rings is 1. The first-order valence-electron chi connectivity index (χ1n) is 7.34. The Morgan fingerprint density at radius 3 is 2.71 bits per heavy atom. The second kappa shape index (κ2) is 6.46. The van der Waals surface area contributed by atoms with Gasteiger partial charge in [-0.2, -0.15) is 0 Å². The summed E-state index contributed by atoms with van der Waals surface area (Å²) in [5.74, 6) is 0. The molecule has 3 aromatic rings. The number of fused-ring (bicyclic) bond motifs is 1. The first-order chi connectivity index (χ1) is 10.4. The van der Waals surface area contributed by atoms with E-state index in [1.165, 1.54) is 16.5 Å².